The third-order valence-electron chi connectivity index (χ3n) is 3.78. The smallest absolute Gasteiger partial charge is 0.268 e. The number of aryl methyl sites for hydroxylation is 1. The van der Waals surface area contributed by atoms with Crippen molar-refractivity contribution in [3.63, 3.8) is 0 Å². The van der Waals surface area contributed by atoms with Crippen LogP contribution in [0, 0.1) is 6.92 Å². The van der Waals surface area contributed by atoms with E-state index in [1.165, 1.54) is 5.56 Å². The molecule has 116 valence electrons. The van der Waals surface area contributed by atoms with E-state index in [-0.39, 0.29) is 11.9 Å². The van der Waals surface area contributed by atoms with Crippen LogP contribution in [0.4, 0.5) is 0 Å². The van der Waals surface area contributed by atoms with Gasteiger partial charge >= 0.3 is 0 Å². The average Bonchev–Trinajstić information content (AvgIpc) is 2.55. The maximum atomic E-state index is 12.1. The van der Waals surface area contributed by atoms with Gasteiger partial charge in [0.2, 0.25) is 5.43 Å². The van der Waals surface area contributed by atoms with Crippen molar-refractivity contribution in [3.05, 3.63) is 74.5 Å². The first-order chi connectivity index (χ1) is 11.0. The Morgan fingerprint density at radius 2 is 1.43 bits per heavy atom. The van der Waals surface area contributed by atoms with Crippen molar-refractivity contribution in [3.8, 4) is 28.0 Å². The molecular formula is C20H18O3. The van der Waals surface area contributed by atoms with E-state index < -0.39 is 10.9 Å². The van der Waals surface area contributed by atoms with Crippen molar-refractivity contribution in [2.45, 2.75) is 26.9 Å². The highest BCUT2D eigenvalue weighted by molar-refractivity contribution is 5.87. The van der Waals surface area contributed by atoms with Crippen LogP contribution >= 0.6 is 0 Å². The Hall–Kier alpha value is -2.68. The van der Waals surface area contributed by atoms with Crippen LogP contribution in [0.1, 0.15) is 19.4 Å². The van der Waals surface area contributed by atoms with Gasteiger partial charge in [-0.2, -0.15) is 0 Å². The Morgan fingerprint density at radius 1 is 0.826 bits per heavy atom. The van der Waals surface area contributed by atoms with Gasteiger partial charge in [0, 0.05) is 0 Å². The zero-order valence-electron chi connectivity index (χ0n) is 13.4. The van der Waals surface area contributed by atoms with Crippen molar-refractivity contribution in [2.75, 3.05) is 0 Å². The Bertz CT molecular complexity index is 911. The predicted molar refractivity (Wildman–Crippen MR) is 92.7 cm³/mol. The monoisotopic (exact) mass is 306 g/mol. The molecule has 0 amide bonds. The van der Waals surface area contributed by atoms with Gasteiger partial charge in [0.15, 0.2) is 5.75 Å². The van der Waals surface area contributed by atoms with Crippen LogP contribution in [-0.2, 0) is 0 Å². The summed E-state index contributed by atoms with van der Waals surface area (Å²) in [5.74, 6) is 0.185. The van der Waals surface area contributed by atoms with Crippen LogP contribution in [0.25, 0.3) is 22.3 Å². The second-order valence-electron chi connectivity index (χ2n) is 5.94. The van der Waals surface area contributed by atoms with E-state index in [4.69, 9.17) is 4.74 Å². The molecule has 0 aliphatic rings. The predicted octanol–water partition coefficient (Wildman–Crippen LogP) is 3.71. The Labute approximate surface area is 134 Å². The van der Waals surface area contributed by atoms with Gasteiger partial charge in [-0.15, -0.1) is 0 Å². The van der Waals surface area contributed by atoms with Crippen molar-refractivity contribution in [1.82, 2.24) is 0 Å². The van der Waals surface area contributed by atoms with E-state index in [2.05, 4.69) is 0 Å². The first-order valence-electron chi connectivity index (χ1n) is 7.65. The van der Waals surface area contributed by atoms with E-state index in [1.807, 2.05) is 69.3 Å². The van der Waals surface area contributed by atoms with Crippen molar-refractivity contribution >= 4 is 0 Å². The average molecular weight is 306 g/mol. The molecule has 0 bridgehead atoms. The van der Waals surface area contributed by atoms with E-state index in [9.17, 15) is 9.59 Å². The molecule has 0 heterocycles. The summed E-state index contributed by atoms with van der Waals surface area (Å²) in [7, 11) is 0. The number of hydrogen-bond donors (Lipinski definition) is 0. The van der Waals surface area contributed by atoms with E-state index in [0.29, 0.717) is 5.56 Å². The van der Waals surface area contributed by atoms with Crippen LogP contribution < -0.4 is 15.6 Å². The van der Waals surface area contributed by atoms with E-state index in [1.54, 1.807) is 0 Å². The second kappa shape index (κ2) is 5.84. The zero-order chi connectivity index (χ0) is 16.6. The minimum Gasteiger partial charge on any atom is -0.486 e. The molecule has 0 radical (unpaired) electrons. The van der Waals surface area contributed by atoms with E-state index in [0.717, 1.165) is 16.7 Å². The summed E-state index contributed by atoms with van der Waals surface area (Å²) >= 11 is 0. The van der Waals surface area contributed by atoms with Gasteiger partial charge in [-0.25, -0.2) is 0 Å². The van der Waals surface area contributed by atoms with Gasteiger partial charge in [-0.05, 0) is 37.5 Å². The largest absolute Gasteiger partial charge is 0.486 e. The molecule has 0 saturated carbocycles. The number of rotatable bonds is 4. The zero-order valence-corrected chi connectivity index (χ0v) is 13.4. The molecule has 0 aromatic heterocycles. The van der Waals surface area contributed by atoms with Crippen molar-refractivity contribution in [1.29, 1.82) is 0 Å². The summed E-state index contributed by atoms with van der Waals surface area (Å²) in [6, 6.07) is 15.7. The summed E-state index contributed by atoms with van der Waals surface area (Å²) < 4.78 is 5.56. The van der Waals surface area contributed by atoms with Gasteiger partial charge in [0.1, 0.15) is 0 Å². The maximum Gasteiger partial charge on any atom is 0.268 e. The fourth-order valence-electron chi connectivity index (χ4n) is 2.65. The van der Waals surface area contributed by atoms with Crippen LogP contribution in [0.2, 0.25) is 0 Å². The summed E-state index contributed by atoms with van der Waals surface area (Å²) in [4.78, 5) is 23.9. The summed E-state index contributed by atoms with van der Waals surface area (Å²) in [6.45, 7) is 5.71. The van der Waals surface area contributed by atoms with Gasteiger partial charge in [-0.1, -0.05) is 54.1 Å². The highest BCUT2D eigenvalue weighted by Crippen LogP contribution is 2.35. The molecule has 0 N–H and O–H groups in total. The maximum absolute atomic E-state index is 12.1. The minimum absolute atomic E-state index is 0.149. The molecule has 23 heavy (non-hydrogen) atoms. The van der Waals surface area contributed by atoms with E-state index >= 15 is 0 Å². The van der Waals surface area contributed by atoms with Crippen molar-refractivity contribution < 1.29 is 4.74 Å². The van der Waals surface area contributed by atoms with Gasteiger partial charge in [-0.3, -0.25) is 9.59 Å². The normalized spacial score (nSPS) is 11.1. The SMILES string of the molecule is Cc1ccc(-c2ccccc2-c2c(OC(C)C)c(=O)c2=O)cc1. The second-order valence-corrected chi connectivity index (χ2v) is 5.94. The lowest BCUT2D eigenvalue weighted by molar-refractivity contribution is 0.238. The Morgan fingerprint density at radius 3 is 2.04 bits per heavy atom. The highest BCUT2D eigenvalue weighted by atomic mass is 16.5. The van der Waals surface area contributed by atoms with Gasteiger partial charge in [0.25, 0.3) is 5.43 Å². The fraction of sp³-hybridized carbons (Fsp3) is 0.200. The summed E-state index contributed by atoms with van der Waals surface area (Å²) in [6.07, 6.45) is -0.149. The molecule has 3 aromatic carbocycles. The first-order valence-corrected chi connectivity index (χ1v) is 7.65. The molecule has 3 rings (SSSR count). The van der Waals surface area contributed by atoms with Crippen LogP contribution in [0.15, 0.2) is 58.1 Å². The molecule has 0 aliphatic heterocycles. The molecule has 0 aliphatic carbocycles. The highest BCUT2D eigenvalue weighted by Gasteiger charge is 2.26. The number of ether oxygens (including phenoxy) is 1. The standard InChI is InChI=1S/C20H18O3/c1-12(2)23-20-17(18(21)19(20)22)16-7-5-4-6-15(16)14-10-8-13(3)9-11-14/h4-12H,1-3H3. The Balaban J connectivity index is 2.16. The molecule has 3 heteroatoms. The number of hydrogen-bond acceptors (Lipinski definition) is 3. The quantitative estimate of drug-likeness (QED) is 0.690. The lowest BCUT2D eigenvalue weighted by Crippen LogP contribution is -2.35. The molecule has 0 atom stereocenters. The molecule has 0 saturated heterocycles. The number of benzene rings is 2. The molecule has 0 fully saturated rings. The summed E-state index contributed by atoms with van der Waals surface area (Å²) in [5.41, 5.74) is 3.23. The molecule has 0 spiro atoms. The summed E-state index contributed by atoms with van der Waals surface area (Å²) in [5, 5.41) is 0. The molecule has 3 nitrogen and oxygen atoms in total. The fourth-order valence-corrected chi connectivity index (χ4v) is 2.65. The van der Waals surface area contributed by atoms with Crippen LogP contribution in [0.3, 0.4) is 0 Å². The third kappa shape index (κ3) is 2.70. The van der Waals surface area contributed by atoms with Crippen LogP contribution in [0.5, 0.6) is 5.75 Å². The van der Waals surface area contributed by atoms with Crippen molar-refractivity contribution in [2.24, 2.45) is 0 Å². The third-order valence-corrected chi connectivity index (χ3v) is 3.78. The van der Waals surface area contributed by atoms with Gasteiger partial charge < -0.3 is 4.74 Å². The lowest BCUT2D eigenvalue weighted by Gasteiger charge is -2.17. The Kier molecular flexibility index (Phi) is 3.87. The minimum atomic E-state index is -0.535. The lowest BCUT2D eigenvalue weighted by atomic mass is 9.91. The molecular weight excluding hydrogens is 288 g/mol. The topological polar surface area (TPSA) is 43.4 Å². The molecule has 0 unspecified atom stereocenters. The molecule has 3 aromatic rings. The van der Waals surface area contributed by atoms with Gasteiger partial charge in [0.05, 0.1) is 11.7 Å². The first kappa shape index (κ1) is 15.2. The van der Waals surface area contributed by atoms with Crippen LogP contribution in [-0.4, -0.2) is 6.10 Å².